The standard InChI is InChI=1S/C9H11BrN4O/c10-8-6-14-7(3-11-1-2-15)4-13-9(14)5-12-8/h4-6,11,15H,1-3H2. The number of imidazole rings is 1. The van der Waals surface area contributed by atoms with Crippen LogP contribution in [-0.2, 0) is 6.54 Å². The Labute approximate surface area is 95.3 Å². The molecule has 2 aromatic heterocycles. The number of aliphatic hydroxyl groups is 1. The van der Waals surface area contributed by atoms with E-state index in [9.17, 15) is 0 Å². The molecule has 6 heteroatoms. The summed E-state index contributed by atoms with van der Waals surface area (Å²) < 4.78 is 2.73. The summed E-state index contributed by atoms with van der Waals surface area (Å²) in [7, 11) is 0. The average molecular weight is 271 g/mol. The molecule has 15 heavy (non-hydrogen) atoms. The van der Waals surface area contributed by atoms with Gasteiger partial charge in [0.15, 0.2) is 5.65 Å². The Balaban J connectivity index is 2.23. The maximum atomic E-state index is 8.65. The SMILES string of the molecule is OCCNCc1cnc2cnc(Br)cn12. The summed E-state index contributed by atoms with van der Waals surface area (Å²) in [5.41, 5.74) is 1.86. The van der Waals surface area contributed by atoms with Gasteiger partial charge in [-0.1, -0.05) is 0 Å². The topological polar surface area (TPSA) is 62.5 Å². The van der Waals surface area contributed by atoms with E-state index in [4.69, 9.17) is 5.11 Å². The summed E-state index contributed by atoms with van der Waals surface area (Å²) in [4.78, 5) is 8.31. The number of nitrogens with zero attached hydrogens (tertiary/aromatic N) is 3. The van der Waals surface area contributed by atoms with Gasteiger partial charge in [0, 0.05) is 19.3 Å². The average Bonchev–Trinajstić information content (AvgIpc) is 2.62. The first-order valence-corrected chi connectivity index (χ1v) is 5.39. The van der Waals surface area contributed by atoms with Crippen molar-refractivity contribution in [1.29, 1.82) is 0 Å². The molecule has 0 aliphatic heterocycles. The lowest BCUT2D eigenvalue weighted by molar-refractivity contribution is 0.291. The number of rotatable bonds is 4. The Kier molecular flexibility index (Phi) is 3.30. The van der Waals surface area contributed by atoms with Crippen molar-refractivity contribution in [2.45, 2.75) is 6.54 Å². The number of aromatic nitrogens is 3. The second kappa shape index (κ2) is 4.69. The highest BCUT2D eigenvalue weighted by atomic mass is 79.9. The second-order valence-electron chi connectivity index (χ2n) is 3.09. The van der Waals surface area contributed by atoms with Crippen LogP contribution in [0.15, 0.2) is 23.2 Å². The van der Waals surface area contributed by atoms with Crippen molar-refractivity contribution in [3.05, 3.63) is 28.9 Å². The van der Waals surface area contributed by atoms with Crippen molar-refractivity contribution in [2.24, 2.45) is 0 Å². The highest BCUT2D eigenvalue weighted by molar-refractivity contribution is 9.10. The minimum atomic E-state index is 0.141. The first kappa shape index (κ1) is 10.5. The minimum absolute atomic E-state index is 0.141. The molecule has 0 aliphatic rings. The van der Waals surface area contributed by atoms with Crippen LogP contribution in [0, 0.1) is 0 Å². The van der Waals surface area contributed by atoms with Crippen LogP contribution < -0.4 is 5.32 Å². The van der Waals surface area contributed by atoms with Crippen LogP contribution in [0.4, 0.5) is 0 Å². The summed E-state index contributed by atoms with van der Waals surface area (Å²) in [6, 6.07) is 0. The lowest BCUT2D eigenvalue weighted by Crippen LogP contribution is -2.18. The third kappa shape index (κ3) is 2.34. The van der Waals surface area contributed by atoms with Crippen LogP contribution >= 0.6 is 15.9 Å². The molecule has 0 fully saturated rings. The fourth-order valence-electron chi connectivity index (χ4n) is 1.34. The van der Waals surface area contributed by atoms with Crippen molar-refractivity contribution in [3.8, 4) is 0 Å². The van der Waals surface area contributed by atoms with Gasteiger partial charge in [-0.3, -0.25) is 4.40 Å². The highest BCUT2D eigenvalue weighted by Gasteiger charge is 2.03. The predicted octanol–water partition coefficient (Wildman–Crippen LogP) is 0.574. The molecule has 0 saturated carbocycles. The van der Waals surface area contributed by atoms with Gasteiger partial charge in [-0.15, -0.1) is 0 Å². The summed E-state index contributed by atoms with van der Waals surface area (Å²) in [5, 5.41) is 11.8. The quantitative estimate of drug-likeness (QED) is 0.798. The van der Waals surface area contributed by atoms with Crippen LogP contribution in [0.2, 0.25) is 0 Å². The maximum Gasteiger partial charge on any atom is 0.155 e. The molecule has 0 unspecified atom stereocenters. The van der Waals surface area contributed by atoms with Gasteiger partial charge in [0.1, 0.15) is 4.60 Å². The Hall–Kier alpha value is -0.980. The largest absolute Gasteiger partial charge is 0.395 e. The molecule has 5 nitrogen and oxygen atoms in total. The Morgan fingerprint density at radius 2 is 2.27 bits per heavy atom. The molecule has 0 spiro atoms. The predicted molar refractivity (Wildman–Crippen MR) is 59.5 cm³/mol. The number of nitrogens with one attached hydrogen (secondary N) is 1. The maximum absolute atomic E-state index is 8.65. The molecule has 0 aliphatic carbocycles. The van der Waals surface area contributed by atoms with E-state index in [0.29, 0.717) is 13.1 Å². The third-order valence-corrected chi connectivity index (χ3v) is 2.45. The summed E-state index contributed by atoms with van der Waals surface area (Å²) >= 11 is 3.31. The number of aliphatic hydroxyl groups excluding tert-OH is 1. The van der Waals surface area contributed by atoms with E-state index in [1.807, 2.05) is 10.6 Å². The van der Waals surface area contributed by atoms with Crippen LogP contribution in [0.5, 0.6) is 0 Å². The van der Waals surface area contributed by atoms with Crippen molar-refractivity contribution >= 4 is 21.6 Å². The monoisotopic (exact) mass is 270 g/mol. The van der Waals surface area contributed by atoms with Crippen molar-refractivity contribution < 1.29 is 5.11 Å². The molecule has 2 rings (SSSR count). The molecule has 0 radical (unpaired) electrons. The normalized spacial score (nSPS) is 11.1. The first-order chi connectivity index (χ1) is 7.31. The number of hydrogen-bond acceptors (Lipinski definition) is 4. The van der Waals surface area contributed by atoms with Gasteiger partial charge in [0.05, 0.1) is 24.7 Å². The Morgan fingerprint density at radius 1 is 1.40 bits per heavy atom. The van der Waals surface area contributed by atoms with E-state index in [1.54, 1.807) is 12.4 Å². The minimum Gasteiger partial charge on any atom is -0.395 e. The van der Waals surface area contributed by atoms with Crippen LogP contribution in [0.1, 0.15) is 5.69 Å². The lowest BCUT2D eigenvalue weighted by atomic mass is 10.4. The third-order valence-electron chi connectivity index (χ3n) is 2.04. The Bertz CT molecular complexity index is 456. The number of halogens is 1. The summed E-state index contributed by atoms with van der Waals surface area (Å²) in [6.45, 7) is 1.40. The van der Waals surface area contributed by atoms with Crippen molar-refractivity contribution in [2.75, 3.05) is 13.2 Å². The molecule has 2 aromatic rings. The van der Waals surface area contributed by atoms with Crippen LogP contribution in [-0.4, -0.2) is 32.6 Å². The molecular formula is C9H11BrN4O. The molecule has 0 saturated heterocycles. The highest BCUT2D eigenvalue weighted by Crippen LogP contribution is 2.10. The van der Waals surface area contributed by atoms with Crippen LogP contribution in [0.3, 0.4) is 0 Å². The molecule has 0 atom stereocenters. The smallest absolute Gasteiger partial charge is 0.155 e. The zero-order chi connectivity index (χ0) is 10.7. The van der Waals surface area contributed by atoms with Crippen molar-refractivity contribution in [1.82, 2.24) is 19.7 Å². The van der Waals surface area contributed by atoms with E-state index in [2.05, 4.69) is 31.2 Å². The number of fused-ring (bicyclic) bond motifs is 1. The van der Waals surface area contributed by atoms with E-state index < -0.39 is 0 Å². The Morgan fingerprint density at radius 3 is 3.07 bits per heavy atom. The fourth-order valence-corrected chi connectivity index (χ4v) is 1.65. The summed E-state index contributed by atoms with van der Waals surface area (Å²) in [6.07, 6.45) is 5.38. The fraction of sp³-hybridized carbons (Fsp3) is 0.333. The lowest BCUT2D eigenvalue weighted by Gasteiger charge is -2.02. The molecule has 2 heterocycles. The van der Waals surface area contributed by atoms with Gasteiger partial charge in [-0.25, -0.2) is 9.97 Å². The van der Waals surface area contributed by atoms with E-state index in [-0.39, 0.29) is 6.61 Å². The molecule has 80 valence electrons. The van der Waals surface area contributed by atoms with Gasteiger partial charge in [-0.05, 0) is 15.9 Å². The van der Waals surface area contributed by atoms with E-state index in [1.165, 1.54) is 0 Å². The van der Waals surface area contributed by atoms with Gasteiger partial charge in [0.2, 0.25) is 0 Å². The van der Waals surface area contributed by atoms with E-state index in [0.717, 1.165) is 15.9 Å². The molecule has 2 N–H and O–H groups in total. The zero-order valence-electron chi connectivity index (χ0n) is 8.02. The van der Waals surface area contributed by atoms with Gasteiger partial charge in [0.25, 0.3) is 0 Å². The van der Waals surface area contributed by atoms with E-state index >= 15 is 0 Å². The molecule has 0 aromatic carbocycles. The van der Waals surface area contributed by atoms with Crippen molar-refractivity contribution in [3.63, 3.8) is 0 Å². The van der Waals surface area contributed by atoms with Crippen LogP contribution in [0.25, 0.3) is 5.65 Å². The summed E-state index contributed by atoms with van der Waals surface area (Å²) in [5.74, 6) is 0. The second-order valence-corrected chi connectivity index (χ2v) is 3.90. The van der Waals surface area contributed by atoms with Gasteiger partial charge >= 0.3 is 0 Å². The number of hydrogen-bond donors (Lipinski definition) is 2. The van der Waals surface area contributed by atoms with Gasteiger partial charge in [-0.2, -0.15) is 0 Å². The first-order valence-electron chi connectivity index (χ1n) is 4.60. The molecule has 0 bridgehead atoms. The zero-order valence-corrected chi connectivity index (χ0v) is 9.61. The van der Waals surface area contributed by atoms with Gasteiger partial charge < -0.3 is 10.4 Å². The molecule has 0 amide bonds. The molecular weight excluding hydrogens is 260 g/mol.